The van der Waals surface area contributed by atoms with E-state index in [1.807, 2.05) is 13.0 Å². The van der Waals surface area contributed by atoms with Crippen molar-refractivity contribution in [3.63, 3.8) is 0 Å². The molecule has 10 heavy (non-hydrogen) atoms. The smallest absolute Gasteiger partial charge is 0.0526 e. The minimum Gasteiger partial charge on any atom is -0.398 e. The summed E-state index contributed by atoms with van der Waals surface area (Å²) in [5, 5.41) is 3.17. The molecule has 3 N–H and O–H groups in total. The fraction of sp³-hybridized carbons (Fsp3) is 0.500. The second kappa shape index (κ2) is 3.99. The van der Waals surface area contributed by atoms with Gasteiger partial charge >= 0.3 is 0 Å². The average molecular weight is 140 g/mol. The Hall–Kier alpha value is -0.920. The van der Waals surface area contributed by atoms with Gasteiger partial charge in [0.15, 0.2) is 0 Å². The zero-order valence-corrected chi connectivity index (χ0v) is 6.94. The number of rotatable bonds is 3. The van der Waals surface area contributed by atoms with Crippen LogP contribution < -0.4 is 11.1 Å². The molecule has 0 aliphatic rings. The summed E-state index contributed by atoms with van der Waals surface area (Å²) in [5.41, 5.74) is 6.99. The summed E-state index contributed by atoms with van der Waals surface area (Å²) in [7, 11) is 0. The van der Waals surface area contributed by atoms with E-state index in [2.05, 4.69) is 25.7 Å². The highest BCUT2D eigenvalue weighted by Gasteiger charge is 1.97. The van der Waals surface area contributed by atoms with Gasteiger partial charge in [-0.15, -0.1) is 0 Å². The minimum absolute atomic E-state index is 0.409. The Kier molecular flexibility index (Phi) is 3.62. The van der Waals surface area contributed by atoms with Crippen LogP contribution in [-0.2, 0) is 0 Å². The predicted octanol–water partition coefficient (Wildman–Crippen LogP) is 1.36. The summed E-state index contributed by atoms with van der Waals surface area (Å²) in [5.74, 6) is 0. The molecule has 0 aliphatic carbocycles. The van der Waals surface area contributed by atoms with E-state index < -0.39 is 0 Å². The second-order valence-electron chi connectivity index (χ2n) is 2.53. The summed E-state index contributed by atoms with van der Waals surface area (Å²) >= 11 is 0. The lowest BCUT2D eigenvalue weighted by atomic mass is 10.3. The molecule has 0 radical (unpaired) electrons. The number of allylic oxidation sites excluding steroid dienone is 1. The van der Waals surface area contributed by atoms with Gasteiger partial charge in [0.2, 0.25) is 0 Å². The first kappa shape index (κ1) is 9.08. The summed E-state index contributed by atoms with van der Waals surface area (Å²) in [6.45, 7) is 9.68. The van der Waals surface area contributed by atoms with Crippen LogP contribution in [0.25, 0.3) is 0 Å². The first-order valence-corrected chi connectivity index (χ1v) is 3.45. The summed E-state index contributed by atoms with van der Waals surface area (Å²) in [6.07, 6.45) is 1.92. The predicted molar refractivity (Wildman–Crippen MR) is 45.4 cm³/mol. The topological polar surface area (TPSA) is 38.0 Å². The van der Waals surface area contributed by atoms with Crippen LogP contribution in [0.15, 0.2) is 24.0 Å². The third-order valence-corrected chi connectivity index (χ3v) is 1.08. The Balaban J connectivity index is 3.99. The van der Waals surface area contributed by atoms with Gasteiger partial charge in [-0.1, -0.05) is 12.7 Å². The zero-order chi connectivity index (χ0) is 8.15. The molecule has 0 aliphatic heterocycles. The Bertz CT molecular complexity index is 145. The van der Waals surface area contributed by atoms with Crippen molar-refractivity contribution in [2.75, 3.05) is 0 Å². The molecule has 0 aromatic heterocycles. The fourth-order valence-electron chi connectivity index (χ4n) is 0.672. The van der Waals surface area contributed by atoms with Crippen molar-refractivity contribution in [2.45, 2.75) is 26.8 Å². The van der Waals surface area contributed by atoms with E-state index in [9.17, 15) is 0 Å². The Morgan fingerprint density at radius 3 is 2.20 bits per heavy atom. The lowest BCUT2D eigenvalue weighted by Crippen LogP contribution is -2.24. The Morgan fingerprint density at radius 1 is 1.60 bits per heavy atom. The van der Waals surface area contributed by atoms with Crippen LogP contribution in [0.4, 0.5) is 0 Å². The Labute approximate surface area is 62.8 Å². The number of nitrogens with two attached hydrogens (primary N) is 1. The molecule has 2 heteroatoms. The van der Waals surface area contributed by atoms with Crippen molar-refractivity contribution in [1.82, 2.24) is 5.32 Å². The molecule has 0 heterocycles. The molecule has 0 aromatic carbocycles. The molecule has 0 saturated carbocycles. The third kappa shape index (κ3) is 3.17. The van der Waals surface area contributed by atoms with Gasteiger partial charge in [0.05, 0.1) is 5.70 Å². The highest BCUT2D eigenvalue weighted by Crippen LogP contribution is 1.97. The lowest BCUT2D eigenvalue weighted by Gasteiger charge is -2.12. The van der Waals surface area contributed by atoms with Gasteiger partial charge in [-0.05, 0) is 20.8 Å². The van der Waals surface area contributed by atoms with Gasteiger partial charge in [0.25, 0.3) is 0 Å². The van der Waals surface area contributed by atoms with Crippen LogP contribution in [0.2, 0.25) is 0 Å². The molecule has 0 amide bonds. The van der Waals surface area contributed by atoms with Crippen LogP contribution in [0.3, 0.4) is 0 Å². The molecule has 0 rings (SSSR count). The van der Waals surface area contributed by atoms with E-state index in [0.717, 1.165) is 5.70 Å². The maximum Gasteiger partial charge on any atom is 0.0526 e. The molecule has 0 spiro atoms. The lowest BCUT2D eigenvalue weighted by molar-refractivity contribution is 0.672. The fourth-order valence-corrected chi connectivity index (χ4v) is 0.672. The first-order chi connectivity index (χ1) is 4.57. The van der Waals surface area contributed by atoms with Crippen molar-refractivity contribution < 1.29 is 0 Å². The Morgan fingerprint density at radius 2 is 2.10 bits per heavy atom. The number of nitrogens with one attached hydrogen (secondary N) is 1. The minimum atomic E-state index is 0.409. The molecule has 2 nitrogen and oxygen atoms in total. The summed E-state index contributed by atoms with van der Waals surface area (Å²) in [6, 6.07) is 0.409. The van der Waals surface area contributed by atoms with Crippen molar-refractivity contribution >= 4 is 0 Å². The van der Waals surface area contributed by atoms with Gasteiger partial charge in [-0.2, -0.15) is 0 Å². The van der Waals surface area contributed by atoms with Crippen molar-refractivity contribution in [1.29, 1.82) is 0 Å². The average Bonchev–Trinajstić information content (AvgIpc) is 1.81. The van der Waals surface area contributed by atoms with Crippen LogP contribution in [0.1, 0.15) is 20.8 Å². The molecule has 0 unspecified atom stereocenters. The van der Waals surface area contributed by atoms with E-state index in [1.54, 1.807) is 0 Å². The van der Waals surface area contributed by atoms with Crippen molar-refractivity contribution in [3.05, 3.63) is 24.0 Å². The second-order valence-corrected chi connectivity index (χ2v) is 2.53. The SMILES string of the molecule is C=C(N)/C(=C\C)NC(C)C. The molecule has 0 aromatic rings. The quantitative estimate of drug-likeness (QED) is 0.581. The van der Waals surface area contributed by atoms with Gasteiger partial charge in [-0.25, -0.2) is 0 Å². The monoisotopic (exact) mass is 140 g/mol. The van der Waals surface area contributed by atoms with E-state index in [4.69, 9.17) is 5.73 Å². The molecule has 0 fully saturated rings. The van der Waals surface area contributed by atoms with E-state index in [0.29, 0.717) is 11.7 Å². The van der Waals surface area contributed by atoms with E-state index >= 15 is 0 Å². The molecule has 0 saturated heterocycles. The maximum absolute atomic E-state index is 5.47. The maximum atomic E-state index is 5.47. The van der Waals surface area contributed by atoms with Gasteiger partial charge in [0.1, 0.15) is 0 Å². The van der Waals surface area contributed by atoms with Gasteiger partial charge in [-0.3, -0.25) is 0 Å². The largest absolute Gasteiger partial charge is 0.398 e. The van der Waals surface area contributed by atoms with Crippen LogP contribution in [-0.4, -0.2) is 6.04 Å². The highest BCUT2D eigenvalue weighted by molar-refractivity contribution is 5.22. The number of hydrogen-bond donors (Lipinski definition) is 2. The molecule has 0 atom stereocenters. The van der Waals surface area contributed by atoms with Crippen LogP contribution in [0, 0.1) is 0 Å². The standard InChI is InChI=1S/C8H16N2/c1-5-8(7(4)9)10-6(2)3/h5-6,10H,4,9H2,1-3H3/b8-5+. The molecule has 58 valence electrons. The van der Waals surface area contributed by atoms with Gasteiger partial charge < -0.3 is 11.1 Å². The van der Waals surface area contributed by atoms with Crippen LogP contribution in [0.5, 0.6) is 0 Å². The highest BCUT2D eigenvalue weighted by atomic mass is 14.9. The van der Waals surface area contributed by atoms with E-state index in [1.165, 1.54) is 0 Å². The van der Waals surface area contributed by atoms with E-state index in [-0.39, 0.29) is 0 Å². The normalized spacial score (nSPS) is 11.8. The first-order valence-electron chi connectivity index (χ1n) is 3.45. The zero-order valence-electron chi connectivity index (χ0n) is 6.94. The number of hydrogen-bond acceptors (Lipinski definition) is 2. The molecular weight excluding hydrogens is 124 g/mol. The molecule has 0 bridgehead atoms. The molecular formula is C8H16N2. The summed E-state index contributed by atoms with van der Waals surface area (Å²) in [4.78, 5) is 0. The third-order valence-electron chi connectivity index (χ3n) is 1.08. The van der Waals surface area contributed by atoms with Gasteiger partial charge in [0, 0.05) is 11.7 Å². The summed E-state index contributed by atoms with van der Waals surface area (Å²) < 4.78 is 0. The van der Waals surface area contributed by atoms with Crippen molar-refractivity contribution in [3.8, 4) is 0 Å². The van der Waals surface area contributed by atoms with Crippen molar-refractivity contribution in [2.24, 2.45) is 5.73 Å². The van der Waals surface area contributed by atoms with Crippen LogP contribution >= 0.6 is 0 Å².